The lowest BCUT2D eigenvalue weighted by Crippen LogP contribution is -2.51. The third-order valence-corrected chi connectivity index (χ3v) is 4.37. The Hall–Kier alpha value is -1.86. The summed E-state index contributed by atoms with van der Waals surface area (Å²) in [6, 6.07) is 5.64. The maximum absolute atomic E-state index is 12.8. The summed E-state index contributed by atoms with van der Waals surface area (Å²) in [6.07, 6.45) is 0.363. The van der Waals surface area contributed by atoms with Crippen LogP contribution in [0.3, 0.4) is 0 Å². The SMILES string of the molecule is C[C@@H]1CN(C(=O)c2c[nH]c3cccc(Br)c23)CC(C(=O)O)O1. The highest BCUT2D eigenvalue weighted by Gasteiger charge is 2.33. The number of aliphatic carboxylic acids is 1. The van der Waals surface area contributed by atoms with Crippen molar-refractivity contribution in [3.05, 3.63) is 34.4 Å². The number of rotatable bonds is 2. The highest BCUT2D eigenvalue weighted by Crippen LogP contribution is 2.28. The number of carbonyl (C=O) groups is 2. The van der Waals surface area contributed by atoms with Crippen LogP contribution in [-0.4, -0.2) is 52.2 Å². The molecule has 6 nitrogen and oxygen atoms in total. The quantitative estimate of drug-likeness (QED) is 0.853. The van der Waals surface area contributed by atoms with Gasteiger partial charge in [0.05, 0.1) is 18.2 Å². The molecule has 7 heteroatoms. The number of carbonyl (C=O) groups excluding carboxylic acids is 1. The van der Waals surface area contributed by atoms with Crippen molar-refractivity contribution in [1.82, 2.24) is 9.88 Å². The third kappa shape index (κ3) is 2.62. The van der Waals surface area contributed by atoms with E-state index in [4.69, 9.17) is 9.84 Å². The predicted molar refractivity (Wildman–Crippen MR) is 83.9 cm³/mol. The van der Waals surface area contributed by atoms with E-state index in [2.05, 4.69) is 20.9 Å². The second-order valence-electron chi connectivity index (χ2n) is 5.35. The number of carboxylic acid groups (broad SMARTS) is 1. The zero-order valence-electron chi connectivity index (χ0n) is 11.9. The molecule has 1 amide bonds. The van der Waals surface area contributed by atoms with Crippen LogP contribution in [0.2, 0.25) is 0 Å². The second kappa shape index (κ2) is 5.73. The van der Waals surface area contributed by atoms with E-state index in [1.54, 1.807) is 13.1 Å². The van der Waals surface area contributed by atoms with E-state index in [-0.39, 0.29) is 18.6 Å². The largest absolute Gasteiger partial charge is 0.479 e. The fourth-order valence-corrected chi connectivity index (χ4v) is 3.31. The number of aromatic nitrogens is 1. The van der Waals surface area contributed by atoms with Crippen LogP contribution in [0.4, 0.5) is 0 Å². The molecular formula is C15H15BrN2O4. The zero-order valence-corrected chi connectivity index (χ0v) is 13.5. The summed E-state index contributed by atoms with van der Waals surface area (Å²) in [5.41, 5.74) is 1.38. The number of morpholine rings is 1. The fourth-order valence-electron chi connectivity index (χ4n) is 2.73. The monoisotopic (exact) mass is 366 g/mol. The van der Waals surface area contributed by atoms with Crippen molar-refractivity contribution in [1.29, 1.82) is 0 Å². The van der Waals surface area contributed by atoms with E-state index >= 15 is 0 Å². The minimum absolute atomic E-state index is 0.0512. The number of carboxylic acids is 1. The first kappa shape index (κ1) is 15.1. The van der Waals surface area contributed by atoms with Crippen LogP contribution in [0.1, 0.15) is 17.3 Å². The third-order valence-electron chi connectivity index (χ3n) is 3.71. The summed E-state index contributed by atoms with van der Waals surface area (Å²) in [5, 5.41) is 9.93. The molecule has 0 saturated carbocycles. The molecule has 1 unspecified atom stereocenters. The summed E-state index contributed by atoms with van der Waals surface area (Å²) < 4.78 is 6.17. The lowest BCUT2D eigenvalue weighted by atomic mass is 10.1. The molecule has 116 valence electrons. The molecule has 0 spiro atoms. The zero-order chi connectivity index (χ0) is 15.9. The Morgan fingerprint density at radius 1 is 1.41 bits per heavy atom. The van der Waals surface area contributed by atoms with Crippen LogP contribution in [0.25, 0.3) is 10.9 Å². The lowest BCUT2D eigenvalue weighted by molar-refractivity contribution is -0.160. The highest BCUT2D eigenvalue weighted by molar-refractivity contribution is 9.10. The average molecular weight is 367 g/mol. The van der Waals surface area contributed by atoms with Crippen LogP contribution in [0, 0.1) is 0 Å². The smallest absolute Gasteiger partial charge is 0.334 e. The number of ether oxygens (including phenoxy) is 1. The Kier molecular flexibility index (Phi) is 3.92. The molecule has 0 bridgehead atoms. The second-order valence-corrected chi connectivity index (χ2v) is 6.20. The van der Waals surface area contributed by atoms with Gasteiger partial charge >= 0.3 is 5.97 Å². The predicted octanol–water partition coefficient (Wildman–Crippen LogP) is 2.24. The van der Waals surface area contributed by atoms with Gasteiger partial charge in [-0.15, -0.1) is 0 Å². The minimum Gasteiger partial charge on any atom is -0.479 e. The van der Waals surface area contributed by atoms with Gasteiger partial charge in [0.1, 0.15) is 0 Å². The van der Waals surface area contributed by atoms with Gasteiger partial charge in [-0.2, -0.15) is 0 Å². The fraction of sp³-hybridized carbons (Fsp3) is 0.333. The molecule has 0 radical (unpaired) electrons. The molecule has 1 fully saturated rings. The van der Waals surface area contributed by atoms with Crippen molar-refractivity contribution in [3.63, 3.8) is 0 Å². The van der Waals surface area contributed by atoms with E-state index in [0.29, 0.717) is 12.1 Å². The first-order chi connectivity index (χ1) is 10.5. The molecule has 1 aromatic heterocycles. The van der Waals surface area contributed by atoms with Crippen LogP contribution < -0.4 is 0 Å². The highest BCUT2D eigenvalue weighted by atomic mass is 79.9. The number of fused-ring (bicyclic) bond motifs is 1. The van der Waals surface area contributed by atoms with Crippen LogP contribution in [0.5, 0.6) is 0 Å². The van der Waals surface area contributed by atoms with Gasteiger partial charge < -0.3 is 19.7 Å². The number of nitrogens with one attached hydrogen (secondary N) is 1. The average Bonchev–Trinajstić information content (AvgIpc) is 2.91. The Morgan fingerprint density at radius 3 is 2.91 bits per heavy atom. The maximum atomic E-state index is 12.8. The lowest BCUT2D eigenvalue weighted by Gasteiger charge is -2.34. The first-order valence-corrected chi connectivity index (χ1v) is 7.70. The molecule has 2 heterocycles. The number of nitrogens with zero attached hydrogens (tertiary/aromatic N) is 1. The van der Waals surface area contributed by atoms with Gasteiger partial charge in [-0.25, -0.2) is 4.79 Å². The van der Waals surface area contributed by atoms with Crippen molar-refractivity contribution in [2.75, 3.05) is 13.1 Å². The summed E-state index contributed by atoms with van der Waals surface area (Å²) in [7, 11) is 0. The molecule has 0 aliphatic carbocycles. The standard InChI is InChI=1S/C15H15BrN2O4/c1-8-6-18(7-12(22-8)15(20)21)14(19)9-5-17-11-4-2-3-10(16)13(9)11/h2-5,8,12,17H,6-7H2,1H3,(H,20,21)/t8-,12?/m1/s1. The number of hydrogen-bond donors (Lipinski definition) is 2. The number of halogens is 1. The normalized spacial score (nSPS) is 22.0. The van der Waals surface area contributed by atoms with Gasteiger partial charge in [0.15, 0.2) is 6.10 Å². The molecule has 2 aromatic rings. The molecule has 2 N–H and O–H groups in total. The Labute approximate surface area is 135 Å². The molecule has 1 aliphatic rings. The van der Waals surface area contributed by atoms with E-state index in [9.17, 15) is 9.59 Å². The molecule has 1 saturated heterocycles. The number of hydrogen-bond acceptors (Lipinski definition) is 3. The van der Waals surface area contributed by atoms with E-state index in [0.717, 1.165) is 15.4 Å². The molecule has 2 atom stereocenters. The summed E-state index contributed by atoms with van der Waals surface area (Å²) >= 11 is 3.46. The maximum Gasteiger partial charge on any atom is 0.334 e. The van der Waals surface area contributed by atoms with Gasteiger partial charge in [-0.1, -0.05) is 22.0 Å². The minimum atomic E-state index is -1.05. The van der Waals surface area contributed by atoms with Gasteiger partial charge in [-0.3, -0.25) is 4.79 Å². The number of aromatic amines is 1. The van der Waals surface area contributed by atoms with Crippen molar-refractivity contribution >= 4 is 38.7 Å². The number of benzene rings is 1. The van der Waals surface area contributed by atoms with Gasteiger partial charge in [0, 0.05) is 28.1 Å². The summed E-state index contributed by atoms with van der Waals surface area (Å²) in [6.45, 7) is 2.19. The van der Waals surface area contributed by atoms with Crippen molar-refractivity contribution in [3.8, 4) is 0 Å². The van der Waals surface area contributed by atoms with Gasteiger partial charge in [-0.05, 0) is 19.1 Å². The van der Waals surface area contributed by atoms with Gasteiger partial charge in [0.2, 0.25) is 0 Å². The topological polar surface area (TPSA) is 82.6 Å². The summed E-state index contributed by atoms with van der Waals surface area (Å²) in [4.78, 5) is 28.5. The van der Waals surface area contributed by atoms with Gasteiger partial charge in [0.25, 0.3) is 5.91 Å². The van der Waals surface area contributed by atoms with E-state index in [1.165, 1.54) is 4.90 Å². The Morgan fingerprint density at radius 2 is 2.18 bits per heavy atom. The van der Waals surface area contributed by atoms with E-state index < -0.39 is 12.1 Å². The van der Waals surface area contributed by atoms with Crippen molar-refractivity contribution < 1.29 is 19.4 Å². The van der Waals surface area contributed by atoms with Crippen molar-refractivity contribution in [2.45, 2.75) is 19.1 Å². The molecule has 3 rings (SSSR count). The number of amides is 1. The molecule has 22 heavy (non-hydrogen) atoms. The van der Waals surface area contributed by atoms with Crippen molar-refractivity contribution in [2.24, 2.45) is 0 Å². The summed E-state index contributed by atoms with van der Waals surface area (Å²) in [5.74, 6) is -1.25. The van der Waals surface area contributed by atoms with Crippen LogP contribution >= 0.6 is 15.9 Å². The number of H-pyrrole nitrogens is 1. The van der Waals surface area contributed by atoms with Crippen LogP contribution in [-0.2, 0) is 9.53 Å². The molecular weight excluding hydrogens is 352 g/mol. The molecule has 1 aliphatic heterocycles. The first-order valence-electron chi connectivity index (χ1n) is 6.90. The Bertz CT molecular complexity index is 742. The van der Waals surface area contributed by atoms with Crippen LogP contribution in [0.15, 0.2) is 28.9 Å². The Balaban J connectivity index is 1.94. The van der Waals surface area contributed by atoms with E-state index in [1.807, 2.05) is 18.2 Å². The molecule has 1 aromatic carbocycles.